The third-order valence-corrected chi connectivity index (χ3v) is 5.35. The van der Waals surface area contributed by atoms with Gasteiger partial charge in [-0.2, -0.15) is 5.10 Å². The number of hydrogen-bond donors (Lipinski definition) is 2. The number of hydrogen-bond acceptors (Lipinski definition) is 6. The molecule has 0 atom stereocenters. The minimum atomic E-state index is -1.13. The van der Waals surface area contributed by atoms with Crippen molar-refractivity contribution in [1.29, 1.82) is 0 Å². The number of ether oxygens (including phenoxy) is 1. The number of carbonyl (C=O) groups is 2. The van der Waals surface area contributed by atoms with Gasteiger partial charge in [0.15, 0.2) is 5.69 Å². The van der Waals surface area contributed by atoms with Crippen LogP contribution in [0.1, 0.15) is 33.1 Å². The Hall–Kier alpha value is -3.50. The predicted molar refractivity (Wildman–Crippen MR) is 123 cm³/mol. The number of aryl methyl sites for hydroxylation is 1. The molecule has 1 saturated heterocycles. The number of carboxylic acids is 1. The van der Waals surface area contributed by atoms with Crippen LogP contribution in [0.2, 0.25) is 0 Å². The average Bonchev–Trinajstić information content (AvgIpc) is 3.36. The zero-order valence-electron chi connectivity index (χ0n) is 19.0. The van der Waals surface area contributed by atoms with E-state index in [2.05, 4.69) is 33.0 Å². The molecule has 10 nitrogen and oxygen atoms in total. The van der Waals surface area contributed by atoms with E-state index in [1.165, 1.54) is 17.9 Å². The summed E-state index contributed by atoms with van der Waals surface area (Å²) in [6.45, 7) is 3.51. The number of aromatic nitrogens is 4. The van der Waals surface area contributed by atoms with Crippen LogP contribution in [0.5, 0.6) is 0 Å². The van der Waals surface area contributed by atoms with Crippen LogP contribution >= 0.6 is 0 Å². The molecule has 1 aliphatic rings. The average molecular weight is 455 g/mol. The fourth-order valence-corrected chi connectivity index (χ4v) is 3.45. The first-order valence-corrected chi connectivity index (χ1v) is 10.8. The predicted octanol–water partition coefficient (Wildman–Crippen LogP) is 1.66. The lowest BCUT2D eigenvalue weighted by molar-refractivity contribution is 0.0621. The van der Waals surface area contributed by atoms with Crippen LogP contribution < -0.4 is 5.73 Å². The van der Waals surface area contributed by atoms with Crippen molar-refractivity contribution >= 4 is 11.9 Å². The Morgan fingerprint density at radius 1 is 1.21 bits per heavy atom. The second-order valence-electron chi connectivity index (χ2n) is 7.61. The van der Waals surface area contributed by atoms with Crippen molar-refractivity contribution in [2.24, 2.45) is 12.8 Å². The number of aromatic carboxylic acids is 1. The Labute approximate surface area is 192 Å². The number of likely N-dealkylation sites (tertiary alicyclic amines) is 1. The molecule has 1 amide bonds. The van der Waals surface area contributed by atoms with E-state index in [0.717, 1.165) is 36.5 Å². The normalized spacial score (nSPS) is 12.6. The number of rotatable bonds is 8. The summed E-state index contributed by atoms with van der Waals surface area (Å²) in [5.41, 5.74) is 7.87. The van der Waals surface area contributed by atoms with Gasteiger partial charge in [-0.15, -0.1) is 0 Å². The van der Waals surface area contributed by atoms with Crippen LogP contribution in [0.25, 0.3) is 11.3 Å². The third kappa shape index (κ3) is 5.85. The van der Waals surface area contributed by atoms with Crippen molar-refractivity contribution in [3.05, 3.63) is 59.8 Å². The molecule has 4 rings (SSSR count). The lowest BCUT2D eigenvalue weighted by atomic mass is 10.1. The summed E-state index contributed by atoms with van der Waals surface area (Å²) >= 11 is 0. The van der Waals surface area contributed by atoms with Crippen molar-refractivity contribution in [2.75, 3.05) is 33.4 Å². The lowest BCUT2D eigenvalue weighted by Crippen LogP contribution is -2.42. The first-order chi connectivity index (χ1) is 16.0. The Morgan fingerprint density at radius 2 is 1.94 bits per heavy atom. The topological polar surface area (TPSA) is 128 Å². The SMILES string of the molecule is COCCn1cc(-c2ccccc2)nc1CCN.Cn1ncc(C(=O)N2CCC2)c1C(=O)O. The van der Waals surface area contributed by atoms with Gasteiger partial charge in [0, 0.05) is 52.0 Å². The van der Waals surface area contributed by atoms with E-state index in [1.54, 1.807) is 12.0 Å². The van der Waals surface area contributed by atoms with Gasteiger partial charge in [-0.25, -0.2) is 9.78 Å². The standard InChI is InChI=1S/C14H19N3O.C9H11N3O3/c1-18-10-9-17-11-13(16-14(17)7-8-15)12-5-3-2-4-6-12;1-11-7(9(14)15)6(5-10-11)8(13)12-3-2-4-12/h2-6,11H,7-10,15H2,1H3;5H,2-4H2,1H3,(H,14,15). The zero-order chi connectivity index (χ0) is 23.8. The van der Waals surface area contributed by atoms with E-state index < -0.39 is 5.97 Å². The number of nitrogens with zero attached hydrogens (tertiary/aromatic N) is 5. The summed E-state index contributed by atoms with van der Waals surface area (Å²) in [4.78, 5) is 28.9. The van der Waals surface area contributed by atoms with Crippen molar-refractivity contribution in [1.82, 2.24) is 24.2 Å². The number of carboxylic acid groups (broad SMARTS) is 1. The highest BCUT2D eigenvalue weighted by Crippen LogP contribution is 2.18. The molecule has 1 fully saturated rings. The summed E-state index contributed by atoms with van der Waals surface area (Å²) in [6, 6.07) is 10.2. The molecule has 0 spiro atoms. The summed E-state index contributed by atoms with van der Waals surface area (Å²) in [7, 11) is 3.22. The van der Waals surface area contributed by atoms with E-state index in [-0.39, 0.29) is 17.2 Å². The molecule has 33 heavy (non-hydrogen) atoms. The fraction of sp³-hybridized carbons (Fsp3) is 0.391. The van der Waals surface area contributed by atoms with Gasteiger partial charge >= 0.3 is 5.97 Å². The molecular formula is C23H30N6O4. The molecule has 0 aliphatic carbocycles. The number of carbonyl (C=O) groups excluding carboxylic acids is 1. The first-order valence-electron chi connectivity index (χ1n) is 10.8. The zero-order valence-corrected chi connectivity index (χ0v) is 19.0. The summed E-state index contributed by atoms with van der Waals surface area (Å²) in [5, 5.41) is 12.7. The highest BCUT2D eigenvalue weighted by atomic mass is 16.5. The molecule has 1 aliphatic heterocycles. The van der Waals surface area contributed by atoms with Crippen molar-refractivity contribution < 1.29 is 19.4 Å². The molecule has 0 bridgehead atoms. The summed E-state index contributed by atoms with van der Waals surface area (Å²) in [5.74, 6) is -0.348. The van der Waals surface area contributed by atoms with Crippen molar-refractivity contribution in [3.63, 3.8) is 0 Å². The van der Waals surface area contributed by atoms with Crippen LogP contribution in [0.3, 0.4) is 0 Å². The Balaban J connectivity index is 0.000000189. The molecule has 0 radical (unpaired) electrons. The Bertz CT molecular complexity index is 1070. The van der Waals surface area contributed by atoms with Gasteiger partial charge in [0.2, 0.25) is 0 Å². The van der Waals surface area contributed by atoms with Crippen LogP contribution in [-0.4, -0.2) is 74.6 Å². The minimum Gasteiger partial charge on any atom is -0.477 e. The van der Waals surface area contributed by atoms with Gasteiger partial charge in [-0.1, -0.05) is 30.3 Å². The Kier molecular flexibility index (Phi) is 8.34. The number of amides is 1. The number of imidazole rings is 1. The van der Waals surface area contributed by atoms with Crippen LogP contribution in [0, 0.1) is 0 Å². The second kappa shape index (κ2) is 11.4. The highest BCUT2D eigenvalue weighted by Gasteiger charge is 2.28. The Morgan fingerprint density at radius 3 is 2.52 bits per heavy atom. The maximum absolute atomic E-state index is 11.8. The number of methoxy groups -OCH3 is 1. The van der Waals surface area contributed by atoms with Crippen molar-refractivity contribution in [3.8, 4) is 11.3 Å². The maximum atomic E-state index is 11.8. The van der Waals surface area contributed by atoms with E-state index in [1.807, 2.05) is 18.2 Å². The minimum absolute atomic E-state index is 0.0492. The van der Waals surface area contributed by atoms with E-state index in [9.17, 15) is 9.59 Å². The molecule has 0 unspecified atom stereocenters. The summed E-state index contributed by atoms with van der Waals surface area (Å²) in [6.07, 6.45) is 5.15. The first kappa shape index (κ1) is 24.1. The highest BCUT2D eigenvalue weighted by molar-refractivity contribution is 6.03. The summed E-state index contributed by atoms with van der Waals surface area (Å²) < 4.78 is 8.44. The van der Waals surface area contributed by atoms with Crippen molar-refractivity contribution in [2.45, 2.75) is 19.4 Å². The maximum Gasteiger partial charge on any atom is 0.354 e. The van der Waals surface area contributed by atoms with Crippen LogP contribution in [-0.2, 0) is 24.8 Å². The monoisotopic (exact) mass is 454 g/mol. The largest absolute Gasteiger partial charge is 0.477 e. The van der Waals surface area contributed by atoms with Gasteiger partial charge in [-0.3, -0.25) is 9.48 Å². The number of nitrogens with two attached hydrogens (primary N) is 1. The van der Waals surface area contributed by atoms with Crippen LogP contribution in [0.15, 0.2) is 42.7 Å². The molecule has 3 N–H and O–H groups in total. The van der Waals surface area contributed by atoms with E-state index >= 15 is 0 Å². The van der Waals surface area contributed by atoms with Gasteiger partial charge in [0.05, 0.1) is 24.1 Å². The second-order valence-corrected chi connectivity index (χ2v) is 7.61. The third-order valence-electron chi connectivity index (χ3n) is 5.35. The van der Waals surface area contributed by atoms with E-state index in [4.69, 9.17) is 15.6 Å². The molecule has 2 aromatic heterocycles. The molecule has 3 heterocycles. The lowest BCUT2D eigenvalue weighted by Gasteiger charge is -2.30. The van der Waals surface area contributed by atoms with Gasteiger partial charge < -0.3 is 25.0 Å². The van der Waals surface area contributed by atoms with E-state index in [0.29, 0.717) is 26.2 Å². The molecule has 10 heteroatoms. The molecule has 1 aromatic carbocycles. The van der Waals surface area contributed by atoms with Gasteiger partial charge in [0.25, 0.3) is 5.91 Å². The van der Waals surface area contributed by atoms with Gasteiger partial charge in [0.1, 0.15) is 5.82 Å². The quantitative estimate of drug-likeness (QED) is 0.530. The number of benzene rings is 1. The molecule has 176 valence electrons. The van der Waals surface area contributed by atoms with Gasteiger partial charge in [-0.05, 0) is 13.0 Å². The van der Waals surface area contributed by atoms with Crippen LogP contribution in [0.4, 0.5) is 0 Å². The molecular weight excluding hydrogens is 424 g/mol. The smallest absolute Gasteiger partial charge is 0.354 e. The molecule has 0 saturated carbocycles. The fourth-order valence-electron chi connectivity index (χ4n) is 3.45. The molecule has 3 aromatic rings.